The van der Waals surface area contributed by atoms with Gasteiger partial charge in [0.1, 0.15) is 23.1 Å². The zero-order valence-corrected chi connectivity index (χ0v) is 16.3. The smallest absolute Gasteiger partial charge is 0.343 e. The Balaban J connectivity index is 1.60. The van der Waals surface area contributed by atoms with E-state index in [9.17, 15) is 14.0 Å². The molecule has 0 saturated carbocycles. The number of methoxy groups -OCH3 is 1. The van der Waals surface area contributed by atoms with E-state index in [1.54, 1.807) is 61.5 Å². The number of halogens is 1. The highest BCUT2D eigenvalue weighted by Gasteiger charge is 2.30. The van der Waals surface area contributed by atoms with Gasteiger partial charge in [-0.2, -0.15) is 0 Å². The topological polar surface area (TPSA) is 61.8 Å². The summed E-state index contributed by atoms with van der Waals surface area (Å²) in [7, 11) is 1.51. The molecular formula is C24H17FO5. The van der Waals surface area contributed by atoms with Crippen molar-refractivity contribution in [2.24, 2.45) is 0 Å². The van der Waals surface area contributed by atoms with Crippen molar-refractivity contribution in [3.63, 3.8) is 0 Å². The Morgan fingerprint density at radius 3 is 2.57 bits per heavy atom. The van der Waals surface area contributed by atoms with Gasteiger partial charge >= 0.3 is 5.97 Å². The first-order valence-corrected chi connectivity index (χ1v) is 9.16. The van der Waals surface area contributed by atoms with Crippen LogP contribution >= 0.6 is 0 Å². The monoisotopic (exact) mass is 404 g/mol. The van der Waals surface area contributed by atoms with Crippen LogP contribution in [0.2, 0.25) is 0 Å². The molecule has 1 aliphatic rings. The molecule has 0 atom stereocenters. The number of hydrogen-bond donors (Lipinski definition) is 0. The van der Waals surface area contributed by atoms with Crippen molar-refractivity contribution in [1.82, 2.24) is 0 Å². The average molecular weight is 404 g/mol. The summed E-state index contributed by atoms with van der Waals surface area (Å²) in [5.41, 5.74) is 1.87. The van der Waals surface area contributed by atoms with Crippen molar-refractivity contribution >= 4 is 17.8 Å². The summed E-state index contributed by atoms with van der Waals surface area (Å²) in [5.74, 6) is 0.0844. The molecule has 0 aromatic heterocycles. The standard InChI is InChI=1S/C24H17FO5/c1-14-20(30-24(27)16-4-3-5-18(13-16)28-2)11-10-19-22(26)21(29-23(14)19)12-15-6-8-17(25)9-7-15/h3-13H,1-2H3/b21-12-. The largest absolute Gasteiger partial charge is 0.497 e. The summed E-state index contributed by atoms with van der Waals surface area (Å²) in [5, 5.41) is 0. The number of esters is 1. The van der Waals surface area contributed by atoms with Crippen LogP contribution in [0.5, 0.6) is 17.2 Å². The van der Waals surface area contributed by atoms with Crippen LogP contribution < -0.4 is 14.2 Å². The van der Waals surface area contributed by atoms with E-state index < -0.39 is 5.97 Å². The number of carbonyl (C=O) groups excluding carboxylic acids is 2. The second-order valence-corrected chi connectivity index (χ2v) is 6.68. The van der Waals surface area contributed by atoms with E-state index >= 15 is 0 Å². The van der Waals surface area contributed by atoms with Gasteiger partial charge in [-0.1, -0.05) is 18.2 Å². The molecule has 0 amide bonds. The Morgan fingerprint density at radius 2 is 1.83 bits per heavy atom. The van der Waals surface area contributed by atoms with Gasteiger partial charge in [-0.05, 0) is 61.0 Å². The molecule has 150 valence electrons. The van der Waals surface area contributed by atoms with E-state index in [4.69, 9.17) is 14.2 Å². The van der Waals surface area contributed by atoms with E-state index in [2.05, 4.69) is 0 Å². The minimum Gasteiger partial charge on any atom is -0.497 e. The fourth-order valence-electron chi connectivity index (χ4n) is 3.10. The van der Waals surface area contributed by atoms with Gasteiger partial charge < -0.3 is 14.2 Å². The number of benzene rings is 3. The average Bonchev–Trinajstić information content (AvgIpc) is 3.08. The van der Waals surface area contributed by atoms with Gasteiger partial charge in [-0.15, -0.1) is 0 Å². The molecule has 6 heteroatoms. The van der Waals surface area contributed by atoms with E-state index in [1.165, 1.54) is 19.2 Å². The van der Waals surface area contributed by atoms with Crippen LogP contribution in [0.1, 0.15) is 31.8 Å². The fourth-order valence-corrected chi connectivity index (χ4v) is 3.10. The third kappa shape index (κ3) is 3.67. The number of ether oxygens (including phenoxy) is 3. The lowest BCUT2D eigenvalue weighted by Crippen LogP contribution is -2.09. The normalized spacial score (nSPS) is 13.7. The molecule has 0 radical (unpaired) electrons. The summed E-state index contributed by atoms with van der Waals surface area (Å²) < 4.78 is 29.5. The van der Waals surface area contributed by atoms with Crippen LogP contribution in [0.15, 0.2) is 66.4 Å². The third-order valence-electron chi connectivity index (χ3n) is 4.71. The SMILES string of the molecule is COc1cccc(C(=O)Oc2ccc3c(c2C)O/C(=C\c2ccc(F)cc2)C3=O)c1. The maximum atomic E-state index is 13.1. The maximum Gasteiger partial charge on any atom is 0.343 e. The minimum absolute atomic E-state index is 0.121. The van der Waals surface area contributed by atoms with Gasteiger partial charge in [0.05, 0.1) is 18.2 Å². The highest BCUT2D eigenvalue weighted by atomic mass is 19.1. The number of rotatable bonds is 4. The molecule has 3 aromatic rings. The predicted octanol–water partition coefficient (Wildman–Crippen LogP) is 4.98. The van der Waals surface area contributed by atoms with Gasteiger partial charge in [-0.25, -0.2) is 9.18 Å². The van der Waals surface area contributed by atoms with Crippen LogP contribution in [0.25, 0.3) is 6.08 Å². The van der Waals surface area contributed by atoms with Crippen LogP contribution in [0, 0.1) is 12.7 Å². The van der Waals surface area contributed by atoms with Crippen molar-refractivity contribution in [2.45, 2.75) is 6.92 Å². The Morgan fingerprint density at radius 1 is 1.07 bits per heavy atom. The number of fused-ring (bicyclic) bond motifs is 1. The first-order chi connectivity index (χ1) is 14.5. The Hall–Kier alpha value is -3.93. The van der Waals surface area contributed by atoms with Crippen LogP contribution in [0.4, 0.5) is 4.39 Å². The predicted molar refractivity (Wildman–Crippen MR) is 108 cm³/mol. The minimum atomic E-state index is -0.552. The molecule has 1 heterocycles. The van der Waals surface area contributed by atoms with Crippen molar-refractivity contribution in [3.8, 4) is 17.2 Å². The molecule has 4 rings (SSSR count). The lowest BCUT2D eigenvalue weighted by Gasteiger charge is -2.10. The van der Waals surface area contributed by atoms with Gasteiger partial charge in [0.2, 0.25) is 5.78 Å². The Bertz CT molecular complexity index is 1180. The summed E-state index contributed by atoms with van der Waals surface area (Å²) >= 11 is 0. The van der Waals surface area contributed by atoms with Gasteiger partial charge in [0, 0.05) is 5.56 Å². The van der Waals surface area contributed by atoms with E-state index in [1.807, 2.05) is 0 Å². The molecule has 30 heavy (non-hydrogen) atoms. The van der Waals surface area contributed by atoms with Crippen LogP contribution in [-0.2, 0) is 0 Å². The van der Waals surface area contributed by atoms with Crippen LogP contribution in [-0.4, -0.2) is 18.9 Å². The van der Waals surface area contributed by atoms with Crippen molar-refractivity contribution in [1.29, 1.82) is 0 Å². The van der Waals surface area contributed by atoms with Gasteiger partial charge in [-0.3, -0.25) is 4.79 Å². The van der Waals surface area contributed by atoms with E-state index in [-0.39, 0.29) is 23.1 Å². The van der Waals surface area contributed by atoms with Crippen LogP contribution in [0.3, 0.4) is 0 Å². The molecule has 0 aliphatic carbocycles. The second-order valence-electron chi connectivity index (χ2n) is 6.68. The molecule has 5 nitrogen and oxygen atoms in total. The van der Waals surface area contributed by atoms with Crippen molar-refractivity contribution < 1.29 is 28.2 Å². The molecule has 0 unspecified atom stereocenters. The van der Waals surface area contributed by atoms with Crippen molar-refractivity contribution in [2.75, 3.05) is 7.11 Å². The summed E-state index contributed by atoms with van der Waals surface area (Å²) in [6.07, 6.45) is 1.54. The zero-order chi connectivity index (χ0) is 21.3. The molecule has 0 spiro atoms. The highest BCUT2D eigenvalue weighted by molar-refractivity contribution is 6.15. The molecular weight excluding hydrogens is 387 g/mol. The number of hydrogen-bond acceptors (Lipinski definition) is 5. The quantitative estimate of drug-likeness (QED) is 0.349. The summed E-state index contributed by atoms with van der Waals surface area (Å²) in [6, 6.07) is 15.5. The Labute approximate surface area is 172 Å². The van der Waals surface area contributed by atoms with E-state index in [0.717, 1.165) is 0 Å². The van der Waals surface area contributed by atoms with E-state index in [0.29, 0.717) is 33.8 Å². The highest BCUT2D eigenvalue weighted by Crippen LogP contribution is 2.39. The second kappa shape index (κ2) is 7.83. The lowest BCUT2D eigenvalue weighted by molar-refractivity contribution is 0.0732. The summed E-state index contributed by atoms with van der Waals surface area (Å²) in [4.78, 5) is 25.2. The number of allylic oxidation sites excluding steroid dienone is 1. The first-order valence-electron chi connectivity index (χ1n) is 9.16. The zero-order valence-electron chi connectivity index (χ0n) is 16.3. The van der Waals surface area contributed by atoms with Gasteiger partial charge in [0.25, 0.3) is 0 Å². The van der Waals surface area contributed by atoms with Gasteiger partial charge in [0.15, 0.2) is 5.76 Å². The molecule has 3 aromatic carbocycles. The molecule has 0 saturated heterocycles. The maximum absolute atomic E-state index is 13.1. The summed E-state index contributed by atoms with van der Waals surface area (Å²) in [6.45, 7) is 1.71. The first kappa shape index (κ1) is 19.4. The lowest BCUT2D eigenvalue weighted by atomic mass is 10.1. The van der Waals surface area contributed by atoms with Crippen molar-refractivity contribution in [3.05, 3.63) is 94.5 Å². The Kier molecular flexibility index (Phi) is 5.06. The number of carbonyl (C=O) groups is 2. The fraction of sp³-hybridized carbons (Fsp3) is 0.0833. The molecule has 0 bridgehead atoms. The number of Topliss-reactive ketones (excluding diaryl/α,β-unsaturated/α-hetero) is 1. The molecule has 0 N–H and O–H groups in total. The third-order valence-corrected chi connectivity index (χ3v) is 4.71. The molecule has 1 aliphatic heterocycles. The molecule has 0 fully saturated rings. The number of ketones is 1.